The fraction of sp³-hybridized carbons (Fsp3) is 0.667. The summed E-state index contributed by atoms with van der Waals surface area (Å²) >= 11 is 0. The average Bonchev–Trinajstić information content (AvgIpc) is 2.89. The molecule has 1 heterocycles. The molecule has 1 rings (SSSR count). The van der Waals surface area contributed by atoms with Crippen LogP contribution in [0.15, 0.2) is 25.3 Å². The van der Waals surface area contributed by atoms with Gasteiger partial charge in [0.25, 0.3) is 0 Å². The maximum atomic E-state index is 11.4. The third kappa shape index (κ3) is 25.5. The topological polar surface area (TPSA) is 240 Å². The smallest absolute Gasteiger partial charge is 0.408 e. The van der Waals surface area contributed by atoms with Gasteiger partial charge in [0.05, 0.1) is 6.61 Å². The third-order valence-electron chi connectivity index (χ3n) is 4.60. The van der Waals surface area contributed by atoms with Crippen molar-refractivity contribution < 1.29 is 57.9 Å². The summed E-state index contributed by atoms with van der Waals surface area (Å²) in [4.78, 5) is 66.7. The Kier molecular flexibility index (Phi) is 20.4. The van der Waals surface area contributed by atoms with Gasteiger partial charge >= 0.3 is 30.2 Å². The molecule has 3 atom stereocenters. The van der Waals surface area contributed by atoms with Crippen LogP contribution in [-0.2, 0) is 33.3 Å². The minimum absolute atomic E-state index is 0.112. The molecule has 1 aliphatic rings. The van der Waals surface area contributed by atoms with Gasteiger partial charge in [0.15, 0.2) is 6.04 Å². The van der Waals surface area contributed by atoms with Gasteiger partial charge in [-0.15, -0.1) is 13.2 Å². The lowest BCUT2D eigenvalue weighted by Crippen LogP contribution is -2.53. The van der Waals surface area contributed by atoms with Gasteiger partial charge in [-0.05, 0) is 62.3 Å². The average molecular weight is 676 g/mol. The second kappa shape index (κ2) is 21.4. The number of carboxylic acid groups (broad SMARTS) is 1. The lowest BCUT2D eigenvalue weighted by Gasteiger charge is -2.27. The standard InChI is InChI=1S/2C11H20N2O4.C8H13NO4/c1-5-6-12-9(15)8(7-14)13-10(16)17-11(2,3)4;1-5-6-12-7-8(9(14)15)13-10(16)17-11(2,3)4;1-8(2,3)13-7(11)9-5-4-12-6(5)10/h5,8,14H,1,6-7H2,2-4H3,(H,12,15)(H,13,16);5,8,12H,1,6-7H2,2-4H3,(H,13,16)(H,14,15);5H,4H2,1-3H3,(H,9,11)/t2*8-;5-/m000/s1. The van der Waals surface area contributed by atoms with Crippen molar-refractivity contribution >= 4 is 36.1 Å². The van der Waals surface area contributed by atoms with Gasteiger partial charge in [0, 0.05) is 19.6 Å². The van der Waals surface area contributed by atoms with Crippen LogP contribution >= 0.6 is 0 Å². The number of aliphatic carboxylic acids is 1. The molecule has 0 aromatic carbocycles. The zero-order chi connectivity index (χ0) is 37.0. The molecule has 0 bridgehead atoms. The Morgan fingerprint density at radius 2 is 1.28 bits per heavy atom. The number of carbonyl (C=O) groups excluding carboxylic acids is 5. The largest absolute Gasteiger partial charge is 0.480 e. The maximum Gasteiger partial charge on any atom is 0.408 e. The first kappa shape index (κ1) is 44.7. The van der Waals surface area contributed by atoms with Gasteiger partial charge < -0.3 is 55.7 Å². The number of aliphatic hydroxyl groups is 1. The molecule has 0 saturated carbocycles. The van der Waals surface area contributed by atoms with E-state index in [9.17, 15) is 28.8 Å². The van der Waals surface area contributed by atoms with E-state index in [1.165, 1.54) is 6.08 Å². The van der Waals surface area contributed by atoms with Gasteiger partial charge in [0.2, 0.25) is 5.91 Å². The van der Waals surface area contributed by atoms with Crippen molar-refractivity contribution in [1.29, 1.82) is 0 Å². The Bertz CT molecular complexity index is 1030. The number of ether oxygens (including phenoxy) is 4. The highest BCUT2D eigenvalue weighted by Crippen LogP contribution is 2.09. The number of cyclic esters (lactones) is 1. The van der Waals surface area contributed by atoms with Gasteiger partial charge in [0.1, 0.15) is 35.5 Å². The first-order chi connectivity index (χ1) is 21.4. The summed E-state index contributed by atoms with van der Waals surface area (Å²) in [5, 5.41) is 30.1. The van der Waals surface area contributed by atoms with E-state index in [0.29, 0.717) is 6.54 Å². The summed E-state index contributed by atoms with van der Waals surface area (Å²) in [7, 11) is 0. The minimum Gasteiger partial charge on any atom is -0.480 e. The van der Waals surface area contributed by atoms with Crippen LogP contribution in [-0.4, -0.2) is 114 Å². The first-order valence-corrected chi connectivity index (χ1v) is 14.6. The molecule has 1 fully saturated rings. The number of rotatable bonds is 12. The zero-order valence-electron chi connectivity index (χ0n) is 28.8. The van der Waals surface area contributed by atoms with E-state index >= 15 is 0 Å². The van der Waals surface area contributed by atoms with Gasteiger partial charge in [-0.25, -0.2) is 24.0 Å². The van der Waals surface area contributed by atoms with E-state index in [1.54, 1.807) is 68.4 Å². The van der Waals surface area contributed by atoms with Crippen molar-refractivity contribution in [2.75, 3.05) is 32.8 Å². The molecule has 0 unspecified atom stereocenters. The van der Waals surface area contributed by atoms with Gasteiger partial charge in [-0.3, -0.25) is 4.79 Å². The number of carbonyl (C=O) groups is 6. The fourth-order valence-corrected chi connectivity index (χ4v) is 2.70. The Morgan fingerprint density at radius 3 is 1.62 bits per heavy atom. The highest BCUT2D eigenvalue weighted by Gasteiger charge is 2.33. The van der Waals surface area contributed by atoms with Crippen LogP contribution in [0.25, 0.3) is 0 Å². The number of alkyl carbamates (subject to hydrolysis) is 3. The minimum atomic E-state index is -1.12. The van der Waals surface area contributed by atoms with Crippen LogP contribution in [0, 0.1) is 0 Å². The quantitative estimate of drug-likeness (QED) is 0.0670. The number of hydrogen-bond donors (Lipinski definition) is 7. The van der Waals surface area contributed by atoms with Crippen LogP contribution in [0.1, 0.15) is 62.3 Å². The molecule has 17 heteroatoms. The summed E-state index contributed by atoms with van der Waals surface area (Å²) < 4.78 is 19.3. The van der Waals surface area contributed by atoms with Crippen molar-refractivity contribution in [1.82, 2.24) is 26.6 Å². The maximum absolute atomic E-state index is 11.4. The van der Waals surface area contributed by atoms with Gasteiger partial charge in [-0.2, -0.15) is 0 Å². The molecule has 270 valence electrons. The Labute approximate surface area is 276 Å². The lowest BCUT2D eigenvalue weighted by atomic mass is 10.2. The molecule has 47 heavy (non-hydrogen) atoms. The molecular weight excluding hydrogens is 622 g/mol. The summed E-state index contributed by atoms with van der Waals surface area (Å²) in [6.07, 6.45) is 1.02. The molecule has 1 aliphatic heterocycles. The predicted molar refractivity (Wildman–Crippen MR) is 171 cm³/mol. The SMILES string of the molecule is C=CCNC(=O)[C@H](CO)NC(=O)OC(C)(C)C.C=CCNC[C@H](NC(=O)OC(C)(C)C)C(=O)O.CC(C)(C)OC(=O)N[C@H]1COC1=O. The van der Waals surface area contributed by atoms with E-state index in [4.69, 9.17) is 24.4 Å². The number of hydrogen-bond acceptors (Lipinski definition) is 12. The van der Waals surface area contributed by atoms with Crippen molar-refractivity contribution in [2.24, 2.45) is 0 Å². The molecule has 0 spiro atoms. The van der Waals surface area contributed by atoms with E-state index in [-0.39, 0.29) is 19.7 Å². The Morgan fingerprint density at radius 1 is 0.830 bits per heavy atom. The van der Waals surface area contributed by atoms with Crippen LogP contribution in [0.2, 0.25) is 0 Å². The molecule has 7 N–H and O–H groups in total. The van der Waals surface area contributed by atoms with Crippen molar-refractivity contribution in [3.05, 3.63) is 25.3 Å². The fourth-order valence-electron chi connectivity index (χ4n) is 2.70. The van der Waals surface area contributed by atoms with Crippen molar-refractivity contribution in [3.8, 4) is 0 Å². The van der Waals surface area contributed by atoms with Crippen molar-refractivity contribution in [2.45, 2.75) is 97.2 Å². The number of carboxylic acids is 1. The Balaban J connectivity index is 0. The normalized spacial score (nSPS) is 15.0. The molecular formula is C30H53N5O12. The molecule has 17 nitrogen and oxygen atoms in total. The molecule has 0 aromatic rings. The monoisotopic (exact) mass is 675 g/mol. The second-order valence-electron chi connectivity index (χ2n) is 12.7. The molecule has 0 aromatic heterocycles. The molecule has 1 saturated heterocycles. The van der Waals surface area contributed by atoms with Crippen LogP contribution < -0.4 is 26.6 Å². The number of nitrogens with one attached hydrogen (secondary N) is 5. The predicted octanol–water partition coefficient (Wildman–Crippen LogP) is 1.35. The first-order valence-electron chi connectivity index (χ1n) is 14.6. The zero-order valence-corrected chi connectivity index (χ0v) is 28.8. The number of esters is 1. The summed E-state index contributed by atoms with van der Waals surface area (Å²) in [5.41, 5.74) is -1.85. The summed E-state index contributed by atoms with van der Waals surface area (Å²) in [5.74, 6) is -2.02. The van der Waals surface area contributed by atoms with Crippen LogP contribution in [0.5, 0.6) is 0 Å². The second-order valence-corrected chi connectivity index (χ2v) is 12.7. The van der Waals surface area contributed by atoms with Gasteiger partial charge in [-0.1, -0.05) is 12.2 Å². The highest BCUT2D eigenvalue weighted by molar-refractivity contribution is 5.86. The highest BCUT2D eigenvalue weighted by atomic mass is 16.6. The van der Waals surface area contributed by atoms with E-state index < -0.39 is 77.7 Å². The van der Waals surface area contributed by atoms with E-state index in [2.05, 4.69) is 44.5 Å². The van der Waals surface area contributed by atoms with E-state index in [0.717, 1.165) is 0 Å². The molecule has 0 radical (unpaired) electrons. The van der Waals surface area contributed by atoms with E-state index in [1.807, 2.05) is 0 Å². The molecule has 0 aliphatic carbocycles. The summed E-state index contributed by atoms with van der Waals surface area (Å²) in [6, 6.07) is -2.58. The van der Waals surface area contributed by atoms with Crippen LogP contribution in [0.3, 0.4) is 0 Å². The van der Waals surface area contributed by atoms with Crippen molar-refractivity contribution in [3.63, 3.8) is 0 Å². The summed E-state index contributed by atoms with van der Waals surface area (Å²) in [6.45, 7) is 23.0. The third-order valence-corrected chi connectivity index (χ3v) is 4.60. The lowest BCUT2D eigenvalue weighted by molar-refractivity contribution is -0.162. The van der Waals surface area contributed by atoms with Crippen LogP contribution in [0.4, 0.5) is 14.4 Å². The number of aliphatic hydroxyl groups excluding tert-OH is 1. The number of amides is 4. The Hall–Kier alpha value is -4.38. The molecule has 4 amide bonds.